The zero-order valence-electron chi connectivity index (χ0n) is 10.3. The fourth-order valence-corrected chi connectivity index (χ4v) is 3.81. The summed E-state index contributed by atoms with van der Waals surface area (Å²) in [7, 11) is 0. The van der Waals surface area contributed by atoms with Gasteiger partial charge in [0.25, 0.3) is 0 Å². The van der Waals surface area contributed by atoms with Crippen molar-refractivity contribution in [2.45, 2.75) is 39.5 Å². The Labute approximate surface area is 101 Å². The second-order valence-electron chi connectivity index (χ2n) is 5.90. The minimum absolute atomic E-state index is 0.0940. The maximum absolute atomic E-state index is 12.3. The van der Waals surface area contributed by atoms with Gasteiger partial charge in [0.1, 0.15) is 24.3 Å². The van der Waals surface area contributed by atoms with Crippen molar-refractivity contribution < 1.29 is 4.79 Å². The quantitative estimate of drug-likeness (QED) is 0.779. The topological polar surface area (TPSA) is 55.7 Å². The fraction of sp³-hybridized carbons (Fsp3) is 0.692. The summed E-state index contributed by atoms with van der Waals surface area (Å²) in [6, 6.07) is 0. The van der Waals surface area contributed by atoms with Crippen molar-refractivity contribution in [1.82, 2.24) is 15.0 Å². The second-order valence-corrected chi connectivity index (χ2v) is 5.90. The number of hydrogen-bond acceptors (Lipinski definition) is 4. The van der Waals surface area contributed by atoms with E-state index in [-0.39, 0.29) is 10.8 Å². The van der Waals surface area contributed by atoms with Gasteiger partial charge in [0.05, 0.1) is 0 Å². The Morgan fingerprint density at radius 1 is 1.35 bits per heavy atom. The number of hydrogen-bond donors (Lipinski definition) is 0. The molecular formula is C13H17N3O. The van der Waals surface area contributed by atoms with Gasteiger partial charge in [-0.3, -0.25) is 4.79 Å². The second kappa shape index (κ2) is 3.34. The molecule has 17 heavy (non-hydrogen) atoms. The molecule has 90 valence electrons. The summed E-state index contributed by atoms with van der Waals surface area (Å²) < 4.78 is 0. The van der Waals surface area contributed by atoms with Gasteiger partial charge < -0.3 is 0 Å². The monoisotopic (exact) mass is 231 g/mol. The molecule has 0 amide bonds. The van der Waals surface area contributed by atoms with Crippen LogP contribution in [0.25, 0.3) is 0 Å². The standard InChI is InChI=1S/C13H17N3O/c1-12(2)9-3-4-13(12,10(17)5-9)6-11-15-7-14-8-16-11/h7-9H,3-6H2,1-2H3. The van der Waals surface area contributed by atoms with Crippen LogP contribution in [0.3, 0.4) is 0 Å². The molecule has 2 bridgehead atoms. The number of carbonyl (C=O) groups excluding carboxylic acids is 1. The van der Waals surface area contributed by atoms with Crippen molar-refractivity contribution in [3.05, 3.63) is 18.5 Å². The van der Waals surface area contributed by atoms with Gasteiger partial charge in [0, 0.05) is 18.3 Å². The lowest BCUT2D eigenvalue weighted by Crippen LogP contribution is -2.38. The summed E-state index contributed by atoms with van der Waals surface area (Å²) in [5.74, 6) is 1.72. The maximum atomic E-state index is 12.3. The van der Waals surface area contributed by atoms with Crippen LogP contribution in [0.15, 0.2) is 12.7 Å². The SMILES string of the molecule is CC1(C)C2CCC1(Cc1ncncn1)C(=O)C2. The van der Waals surface area contributed by atoms with E-state index in [0.717, 1.165) is 18.7 Å². The molecule has 3 rings (SSSR count). The molecular weight excluding hydrogens is 214 g/mol. The van der Waals surface area contributed by atoms with Crippen LogP contribution in [0.5, 0.6) is 0 Å². The number of aromatic nitrogens is 3. The normalized spacial score (nSPS) is 34.2. The summed E-state index contributed by atoms with van der Waals surface area (Å²) in [4.78, 5) is 24.5. The van der Waals surface area contributed by atoms with Gasteiger partial charge in [-0.1, -0.05) is 13.8 Å². The fourth-order valence-electron chi connectivity index (χ4n) is 3.81. The molecule has 1 aromatic heterocycles. The van der Waals surface area contributed by atoms with E-state index in [1.807, 2.05) is 0 Å². The Morgan fingerprint density at radius 2 is 2.06 bits per heavy atom. The lowest BCUT2D eigenvalue weighted by molar-refractivity contribution is -0.129. The van der Waals surface area contributed by atoms with E-state index in [4.69, 9.17) is 0 Å². The third-order valence-corrected chi connectivity index (χ3v) is 5.15. The smallest absolute Gasteiger partial charge is 0.140 e. The minimum Gasteiger partial charge on any atom is -0.299 e. The van der Waals surface area contributed by atoms with E-state index in [2.05, 4.69) is 28.8 Å². The van der Waals surface area contributed by atoms with Gasteiger partial charge in [-0.25, -0.2) is 15.0 Å². The van der Waals surface area contributed by atoms with E-state index in [1.165, 1.54) is 19.1 Å². The van der Waals surface area contributed by atoms with Crippen molar-refractivity contribution >= 4 is 5.78 Å². The zero-order valence-corrected chi connectivity index (χ0v) is 10.3. The highest BCUT2D eigenvalue weighted by atomic mass is 16.1. The third kappa shape index (κ3) is 1.30. The van der Waals surface area contributed by atoms with Gasteiger partial charge in [-0.05, 0) is 24.2 Å². The Kier molecular flexibility index (Phi) is 2.12. The Hall–Kier alpha value is -1.32. The van der Waals surface area contributed by atoms with Crippen molar-refractivity contribution in [2.24, 2.45) is 16.7 Å². The highest BCUT2D eigenvalue weighted by molar-refractivity contribution is 5.89. The van der Waals surface area contributed by atoms with E-state index in [9.17, 15) is 4.79 Å². The summed E-state index contributed by atoms with van der Waals surface area (Å²) in [5.41, 5.74) is -0.129. The predicted octanol–water partition coefficient (Wildman–Crippen LogP) is 1.81. The Balaban J connectivity index is 1.98. The van der Waals surface area contributed by atoms with Crippen molar-refractivity contribution in [3.8, 4) is 0 Å². The van der Waals surface area contributed by atoms with Crippen molar-refractivity contribution in [3.63, 3.8) is 0 Å². The Morgan fingerprint density at radius 3 is 2.59 bits per heavy atom. The molecule has 2 saturated carbocycles. The molecule has 2 aliphatic carbocycles. The number of Topliss-reactive ketones (excluding diaryl/α,β-unsaturated/α-hetero) is 1. The average Bonchev–Trinajstić information content (AvgIpc) is 2.64. The van der Waals surface area contributed by atoms with Crippen molar-refractivity contribution in [1.29, 1.82) is 0 Å². The van der Waals surface area contributed by atoms with Gasteiger partial charge in [0.15, 0.2) is 0 Å². The van der Waals surface area contributed by atoms with E-state index >= 15 is 0 Å². The summed E-state index contributed by atoms with van der Waals surface area (Å²) in [5, 5.41) is 0. The lowest BCUT2D eigenvalue weighted by Gasteiger charge is -2.35. The van der Waals surface area contributed by atoms with Crippen LogP contribution in [0, 0.1) is 16.7 Å². The molecule has 2 fully saturated rings. The van der Waals surface area contributed by atoms with E-state index in [1.54, 1.807) is 0 Å². The van der Waals surface area contributed by atoms with Crippen LogP contribution in [0.4, 0.5) is 0 Å². The summed E-state index contributed by atoms with van der Waals surface area (Å²) in [6.07, 6.45) is 6.62. The van der Waals surface area contributed by atoms with Gasteiger partial charge in [0.2, 0.25) is 0 Å². The maximum Gasteiger partial charge on any atom is 0.140 e. The molecule has 0 N–H and O–H groups in total. The first-order valence-corrected chi connectivity index (χ1v) is 6.20. The molecule has 1 aromatic rings. The van der Waals surface area contributed by atoms with Gasteiger partial charge >= 0.3 is 0 Å². The number of rotatable bonds is 2. The van der Waals surface area contributed by atoms with Crippen LogP contribution >= 0.6 is 0 Å². The summed E-state index contributed by atoms with van der Waals surface area (Å²) in [6.45, 7) is 4.47. The largest absolute Gasteiger partial charge is 0.299 e. The predicted molar refractivity (Wildman–Crippen MR) is 62.1 cm³/mol. The molecule has 1 heterocycles. The molecule has 0 saturated heterocycles. The van der Waals surface area contributed by atoms with Gasteiger partial charge in [-0.15, -0.1) is 0 Å². The number of nitrogens with zero attached hydrogens (tertiary/aromatic N) is 3. The Bertz CT molecular complexity index is 457. The molecule has 2 unspecified atom stereocenters. The first-order valence-electron chi connectivity index (χ1n) is 6.20. The zero-order chi connectivity index (χ0) is 12.1. The highest BCUT2D eigenvalue weighted by Gasteiger charge is 2.64. The van der Waals surface area contributed by atoms with Gasteiger partial charge in [-0.2, -0.15) is 0 Å². The average molecular weight is 231 g/mol. The molecule has 4 heteroatoms. The first-order chi connectivity index (χ1) is 8.06. The lowest BCUT2D eigenvalue weighted by atomic mass is 9.67. The third-order valence-electron chi connectivity index (χ3n) is 5.15. The molecule has 0 radical (unpaired) electrons. The number of carbonyl (C=O) groups is 1. The van der Waals surface area contributed by atoms with E-state index in [0.29, 0.717) is 18.1 Å². The van der Waals surface area contributed by atoms with E-state index < -0.39 is 0 Å². The molecule has 2 atom stereocenters. The van der Waals surface area contributed by atoms with Crippen LogP contribution < -0.4 is 0 Å². The van der Waals surface area contributed by atoms with Crippen LogP contribution in [-0.2, 0) is 11.2 Å². The van der Waals surface area contributed by atoms with Crippen LogP contribution in [0.2, 0.25) is 0 Å². The number of fused-ring (bicyclic) bond motifs is 2. The molecule has 0 spiro atoms. The molecule has 2 aliphatic rings. The first kappa shape index (κ1) is 10.8. The molecule has 0 aliphatic heterocycles. The van der Waals surface area contributed by atoms with Crippen LogP contribution in [-0.4, -0.2) is 20.7 Å². The van der Waals surface area contributed by atoms with Crippen LogP contribution in [0.1, 0.15) is 38.9 Å². The van der Waals surface area contributed by atoms with Crippen molar-refractivity contribution in [2.75, 3.05) is 0 Å². The highest BCUT2D eigenvalue weighted by Crippen LogP contribution is 2.64. The number of ketones is 1. The minimum atomic E-state index is -0.223. The summed E-state index contributed by atoms with van der Waals surface area (Å²) >= 11 is 0. The molecule has 0 aromatic carbocycles. The molecule has 4 nitrogen and oxygen atoms in total.